The van der Waals surface area contributed by atoms with Crippen LogP contribution in [0, 0.1) is 17.0 Å². The highest BCUT2D eigenvalue weighted by atomic mass is 16.6. The number of pyridine rings is 1. The predicted molar refractivity (Wildman–Crippen MR) is 52.3 cm³/mol. The molecule has 0 fully saturated rings. The average Bonchev–Trinajstić information content (AvgIpc) is 2.09. The second kappa shape index (κ2) is 3.87. The number of allylic oxidation sites excluding steroid dienone is 1. The summed E-state index contributed by atoms with van der Waals surface area (Å²) >= 11 is 0. The third-order valence-electron chi connectivity index (χ3n) is 1.83. The van der Waals surface area contributed by atoms with Gasteiger partial charge in [0.05, 0.1) is 11.1 Å². The molecule has 1 heterocycles. The molecule has 0 spiro atoms. The molecule has 0 aliphatic carbocycles. The number of rotatable bonds is 3. The molecule has 0 aliphatic heterocycles. The minimum atomic E-state index is -0.506. The van der Waals surface area contributed by atoms with Crippen molar-refractivity contribution in [3.05, 3.63) is 50.9 Å². The molecule has 5 heteroatoms. The van der Waals surface area contributed by atoms with Crippen LogP contribution in [-0.2, 0) is 6.54 Å². The van der Waals surface area contributed by atoms with Gasteiger partial charge in [0.15, 0.2) is 0 Å². The maximum Gasteiger partial charge on any atom is 0.288 e. The summed E-state index contributed by atoms with van der Waals surface area (Å²) in [6, 6.07) is 1.25. The van der Waals surface area contributed by atoms with Crippen molar-refractivity contribution in [3.8, 4) is 0 Å². The van der Waals surface area contributed by atoms with E-state index in [4.69, 9.17) is 0 Å². The Morgan fingerprint density at radius 3 is 2.86 bits per heavy atom. The van der Waals surface area contributed by atoms with Gasteiger partial charge in [-0.05, 0) is 6.92 Å². The summed E-state index contributed by atoms with van der Waals surface area (Å²) in [5.74, 6) is 0. The lowest BCUT2D eigenvalue weighted by molar-refractivity contribution is -0.385. The average molecular weight is 194 g/mol. The number of aryl methyl sites for hydroxylation is 1. The third-order valence-corrected chi connectivity index (χ3v) is 1.83. The smallest absolute Gasteiger partial charge is 0.288 e. The first kappa shape index (κ1) is 10.2. The molecule has 0 aliphatic rings. The maximum absolute atomic E-state index is 11.3. The first-order valence-electron chi connectivity index (χ1n) is 4.02. The Kier molecular flexibility index (Phi) is 2.81. The Bertz CT molecular complexity index is 434. The maximum atomic E-state index is 11.3. The predicted octanol–water partition coefficient (Wildman–Crippen LogP) is 1.25. The molecule has 1 rings (SSSR count). The van der Waals surface area contributed by atoms with E-state index in [0.717, 1.165) is 0 Å². The van der Waals surface area contributed by atoms with Gasteiger partial charge in [0, 0.05) is 18.2 Å². The molecular weight excluding hydrogens is 184 g/mol. The van der Waals surface area contributed by atoms with Crippen LogP contribution in [0.1, 0.15) is 5.56 Å². The largest absolute Gasteiger partial charge is 0.305 e. The van der Waals surface area contributed by atoms with Gasteiger partial charge in [0.2, 0.25) is 0 Å². The molecule has 1 aromatic rings. The van der Waals surface area contributed by atoms with Crippen molar-refractivity contribution in [3.63, 3.8) is 0 Å². The molecule has 0 saturated carbocycles. The van der Waals surface area contributed by atoms with Gasteiger partial charge in [0.25, 0.3) is 11.2 Å². The van der Waals surface area contributed by atoms with E-state index < -0.39 is 4.92 Å². The lowest BCUT2D eigenvalue weighted by Crippen LogP contribution is -2.19. The topological polar surface area (TPSA) is 65.1 Å². The minimum Gasteiger partial charge on any atom is -0.305 e. The van der Waals surface area contributed by atoms with Crippen LogP contribution in [0.5, 0.6) is 0 Å². The second-order valence-corrected chi connectivity index (χ2v) is 2.88. The van der Waals surface area contributed by atoms with Crippen LogP contribution in [0.15, 0.2) is 29.7 Å². The quantitative estimate of drug-likeness (QED) is 0.413. The van der Waals surface area contributed by atoms with E-state index in [9.17, 15) is 14.9 Å². The van der Waals surface area contributed by atoms with Gasteiger partial charge in [-0.2, -0.15) is 0 Å². The fourth-order valence-electron chi connectivity index (χ4n) is 1.13. The van der Waals surface area contributed by atoms with E-state index >= 15 is 0 Å². The molecule has 0 saturated heterocycles. The highest BCUT2D eigenvalue weighted by Gasteiger charge is 2.12. The normalized spacial score (nSPS) is 9.79. The highest BCUT2D eigenvalue weighted by molar-refractivity contribution is 5.35. The van der Waals surface area contributed by atoms with E-state index in [1.165, 1.54) is 29.8 Å². The Hall–Kier alpha value is -1.91. The molecule has 0 amide bonds. The van der Waals surface area contributed by atoms with E-state index in [1.807, 2.05) is 0 Å². The summed E-state index contributed by atoms with van der Waals surface area (Å²) < 4.78 is 1.25. The highest BCUT2D eigenvalue weighted by Crippen LogP contribution is 2.13. The van der Waals surface area contributed by atoms with Gasteiger partial charge < -0.3 is 4.57 Å². The van der Waals surface area contributed by atoms with Crippen LogP contribution in [0.2, 0.25) is 0 Å². The molecule has 14 heavy (non-hydrogen) atoms. The Balaban J connectivity index is 3.34. The summed E-state index contributed by atoms with van der Waals surface area (Å²) in [5, 5.41) is 10.6. The van der Waals surface area contributed by atoms with Crippen molar-refractivity contribution in [2.45, 2.75) is 13.5 Å². The zero-order valence-electron chi connectivity index (χ0n) is 7.77. The fraction of sp³-hybridized carbons (Fsp3) is 0.222. The Morgan fingerprint density at radius 1 is 1.71 bits per heavy atom. The van der Waals surface area contributed by atoms with Gasteiger partial charge in [-0.1, -0.05) is 6.08 Å². The fourth-order valence-corrected chi connectivity index (χ4v) is 1.13. The molecule has 0 unspecified atom stereocenters. The van der Waals surface area contributed by atoms with Gasteiger partial charge in [-0.3, -0.25) is 14.9 Å². The van der Waals surface area contributed by atoms with E-state index in [2.05, 4.69) is 6.58 Å². The standard InChI is InChI=1S/C9H10N2O3/c1-3-4-10-6-8(11(13)14)7(2)5-9(10)12/h3,5-6H,1,4H2,2H3. The van der Waals surface area contributed by atoms with E-state index in [-0.39, 0.29) is 17.8 Å². The first-order chi connectivity index (χ1) is 6.56. The zero-order chi connectivity index (χ0) is 10.7. The molecule has 0 aromatic carbocycles. The summed E-state index contributed by atoms with van der Waals surface area (Å²) in [6.45, 7) is 5.28. The van der Waals surface area contributed by atoms with Gasteiger partial charge >= 0.3 is 0 Å². The van der Waals surface area contributed by atoms with Crippen molar-refractivity contribution >= 4 is 5.69 Å². The monoisotopic (exact) mass is 194 g/mol. The second-order valence-electron chi connectivity index (χ2n) is 2.88. The summed E-state index contributed by atoms with van der Waals surface area (Å²) in [7, 11) is 0. The molecule has 74 valence electrons. The van der Waals surface area contributed by atoms with Crippen LogP contribution in [-0.4, -0.2) is 9.49 Å². The SMILES string of the molecule is C=CCn1cc([N+](=O)[O-])c(C)cc1=O. The Labute approximate surface area is 80.4 Å². The number of hydrogen-bond acceptors (Lipinski definition) is 3. The van der Waals surface area contributed by atoms with E-state index in [0.29, 0.717) is 5.56 Å². The van der Waals surface area contributed by atoms with Crippen molar-refractivity contribution in [1.29, 1.82) is 0 Å². The molecule has 1 aromatic heterocycles. The van der Waals surface area contributed by atoms with Gasteiger partial charge in [-0.15, -0.1) is 6.58 Å². The lowest BCUT2D eigenvalue weighted by Gasteiger charge is -2.02. The molecule has 0 bridgehead atoms. The number of hydrogen-bond donors (Lipinski definition) is 0. The van der Waals surface area contributed by atoms with Crippen molar-refractivity contribution < 1.29 is 4.92 Å². The number of nitrogens with zero attached hydrogens (tertiary/aromatic N) is 2. The zero-order valence-corrected chi connectivity index (χ0v) is 7.77. The van der Waals surface area contributed by atoms with Crippen molar-refractivity contribution in [1.82, 2.24) is 4.57 Å². The minimum absolute atomic E-state index is 0.0496. The molecule has 0 N–H and O–H groups in total. The molecule has 0 radical (unpaired) electrons. The van der Waals surface area contributed by atoms with Gasteiger partial charge in [0.1, 0.15) is 0 Å². The first-order valence-corrected chi connectivity index (χ1v) is 4.02. The van der Waals surface area contributed by atoms with Crippen LogP contribution < -0.4 is 5.56 Å². The summed E-state index contributed by atoms with van der Waals surface area (Å²) in [5.41, 5.74) is 0.0692. The van der Waals surface area contributed by atoms with Crippen LogP contribution in [0.3, 0.4) is 0 Å². The number of aromatic nitrogens is 1. The molecular formula is C9H10N2O3. The van der Waals surface area contributed by atoms with Crippen molar-refractivity contribution in [2.75, 3.05) is 0 Å². The summed E-state index contributed by atoms with van der Waals surface area (Å²) in [4.78, 5) is 21.3. The van der Waals surface area contributed by atoms with Crippen LogP contribution >= 0.6 is 0 Å². The third kappa shape index (κ3) is 1.87. The van der Waals surface area contributed by atoms with E-state index in [1.54, 1.807) is 0 Å². The Morgan fingerprint density at radius 2 is 2.36 bits per heavy atom. The molecule has 0 atom stereocenters. The van der Waals surface area contributed by atoms with Crippen LogP contribution in [0.25, 0.3) is 0 Å². The lowest BCUT2D eigenvalue weighted by atomic mass is 10.2. The van der Waals surface area contributed by atoms with Crippen molar-refractivity contribution in [2.24, 2.45) is 0 Å². The van der Waals surface area contributed by atoms with Gasteiger partial charge in [-0.25, -0.2) is 0 Å². The molecule has 5 nitrogen and oxygen atoms in total. The van der Waals surface area contributed by atoms with Crippen LogP contribution in [0.4, 0.5) is 5.69 Å². The number of nitro groups is 1. The summed E-state index contributed by atoms with van der Waals surface area (Å²) in [6.07, 6.45) is 2.75.